The van der Waals surface area contributed by atoms with Crippen LogP contribution in [0.4, 0.5) is 4.79 Å². The van der Waals surface area contributed by atoms with Crippen LogP contribution in [0.1, 0.15) is 12.2 Å². The molecule has 1 aliphatic rings. The molecule has 1 saturated heterocycles. The van der Waals surface area contributed by atoms with Gasteiger partial charge >= 0.3 is 6.03 Å². The summed E-state index contributed by atoms with van der Waals surface area (Å²) in [6, 6.07) is 9.56. The van der Waals surface area contributed by atoms with Crippen LogP contribution in [0, 0.1) is 0 Å². The van der Waals surface area contributed by atoms with Gasteiger partial charge in [0.1, 0.15) is 11.8 Å². The van der Waals surface area contributed by atoms with Gasteiger partial charge in [0.2, 0.25) is 5.91 Å². The molecule has 1 aliphatic heterocycles. The van der Waals surface area contributed by atoms with Gasteiger partial charge in [0, 0.05) is 35.2 Å². The van der Waals surface area contributed by atoms with Gasteiger partial charge in [-0.2, -0.15) is 0 Å². The maximum Gasteiger partial charge on any atom is 0.325 e. The van der Waals surface area contributed by atoms with E-state index in [-0.39, 0.29) is 18.9 Å². The molecule has 9 heteroatoms. The highest BCUT2D eigenvalue weighted by Crippen LogP contribution is 2.24. The number of hydrogen-bond donors (Lipinski definition) is 2. The van der Waals surface area contributed by atoms with Gasteiger partial charge in [0.15, 0.2) is 0 Å². The Morgan fingerprint density at radius 2 is 2.07 bits per heavy atom. The van der Waals surface area contributed by atoms with Crippen molar-refractivity contribution in [3.8, 4) is 0 Å². The van der Waals surface area contributed by atoms with E-state index in [1.807, 2.05) is 35.0 Å². The lowest BCUT2D eigenvalue weighted by molar-refractivity contribution is -0.131. The monoisotopic (exact) mass is 414 g/mol. The number of imide groups is 1. The Morgan fingerprint density at radius 3 is 2.86 bits per heavy atom. The molecule has 29 heavy (non-hydrogen) atoms. The van der Waals surface area contributed by atoms with E-state index in [2.05, 4.69) is 10.6 Å². The number of nitrogens with zero attached hydrogens (tertiary/aromatic N) is 2. The summed E-state index contributed by atoms with van der Waals surface area (Å²) < 4.78 is 7.17. The zero-order chi connectivity index (χ0) is 20.4. The highest BCUT2D eigenvalue weighted by molar-refractivity contribution is 6.35. The predicted molar refractivity (Wildman–Crippen MR) is 106 cm³/mol. The van der Waals surface area contributed by atoms with E-state index < -0.39 is 18.0 Å². The topological polar surface area (TPSA) is 96.6 Å². The molecule has 1 fully saturated rings. The summed E-state index contributed by atoms with van der Waals surface area (Å²) in [5.74, 6) is -0.247. The van der Waals surface area contributed by atoms with Crippen molar-refractivity contribution in [2.24, 2.45) is 0 Å². The van der Waals surface area contributed by atoms with Crippen LogP contribution < -0.4 is 10.6 Å². The number of carbonyl (C=O) groups excluding carboxylic acids is 3. The van der Waals surface area contributed by atoms with Crippen LogP contribution in [0.2, 0.25) is 5.02 Å². The molecule has 1 atom stereocenters. The van der Waals surface area contributed by atoms with Crippen molar-refractivity contribution < 1.29 is 18.8 Å². The molecule has 8 nitrogen and oxygen atoms in total. The number of halogens is 1. The van der Waals surface area contributed by atoms with Gasteiger partial charge in [0.25, 0.3) is 5.91 Å². The van der Waals surface area contributed by atoms with Gasteiger partial charge in [0.05, 0.1) is 19.2 Å². The summed E-state index contributed by atoms with van der Waals surface area (Å²) in [5.41, 5.74) is 0.985. The molecule has 0 radical (unpaired) electrons. The van der Waals surface area contributed by atoms with Gasteiger partial charge in [-0.25, -0.2) is 4.79 Å². The Hall–Kier alpha value is -3.26. The third-order valence-electron chi connectivity index (χ3n) is 4.83. The van der Waals surface area contributed by atoms with Gasteiger partial charge in [-0.05, 0) is 30.3 Å². The van der Waals surface area contributed by atoms with E-state index in [1.54, 1.807) is 12.1 Å². The van der Waals surface area contributed by atoms with Gasteiger partial charge in [-0.15, -0.1) is 0 Å². The number of hydrogen-bond acceptors (Lipinski definition) is 4. The summed E-state index contributed by atoms with van der Waals surface area (Å²) in [4.78, 5) is 37.7. The third kappa shape index (κ3) is 3.97. The lowest BCUT2D eigenvalue weighted by atomic mass is 10.2. The Balaban J connectivity index is 1.29. The van der Waals surface area contributed by atoms with Crippen molar-refractivity contribution in [1.29, 1.82) is 0 Å². The summed E-state index contributed by atoms with van der Waals surface area (Å²) in [7, 11) is 0. The molecular formula is C20H19ClN4O4. The Kier molecular flexibility index (Phi) is 5.26. The van der Waals surface area contributed by atoms with Crippen molar-refractivity contribution in [1.82, 2.24) is 20.1 Å². The number of furan rings is 1. The van der Waals surface area contributed by atoms with Gasteiger partial charge in [-0.1, -0.05) is 17.7 Å². The SMILES string of the molecule is O=C(C[C@@H]1NC(=O)N(Cc2ccco2)C1=O)NCCn1ccc2c(Cl)cccc21. The number of aromatic nitrogens is 1. The first-order chi connectivity index (χ1) is 14.0. The number of urea groups is 1. The first kappa shape index (κ1) is 19.1. The maximum atomic E-state index is 12.4. The quantitative estimate of drug-likeness (QED) is 0.580. The van der Waals surface area contributed by atoms with E-state index >= 15 is 0 Å². The smallest absolute Gasteiger partial charge is 0.325 e. The Labute approximate surface area is 171 Å². The molecule has 0 saturated carbocycles. The molecule has 150 valence electrons. The fourth-order valence-corrected chi connectivity index (χ4v) is 3.61. The van der Waals surface area contributed by atoms with Crippen molar-refractivity contribution >= 4 is 40.3 Å². The fourth-order valence-electron chi connectivity index (χ4n) is 3.38. The minimum atomic E-state index is -0.872. The molecule has 3 aromatic rings. The van der Waals surface area contributed by atoms with Crippen LogP contribution in [0.15, 0.2) is 53.3 Å². The van der Waals surface area contributed by atoms with Crippen LogP contribution in [0.3, 0.4) is 0 Å². The average Bonchev–Trinajstić information content (AvgIpc) is 3.40. The molecule has 2 N–H and O–H groups in total. The van der Waals surface area contributed by atoms with Crippen molar-refractivity contribution in [2.75, 3.05) is 6.54 Å². The molecule has 3 heterocycles. The molecule has 1 aromatic carbocycles. The van der Waals surface area contributed by atoms with Crippen molar-refractivity contribution in [3.63, 3.8) is 0 Å². The average molecular weight is 415 g/mol. The highest BCUT2D eigenvalue weighted by Gasteiger charge is 2.39. The summed E-state index contributed by atoms with van der Waals surface area (Å²) in [5, 5.41) is 6.97. The molecule has 0 aliphatic carbocycles. The van der Waals surface area contributed by atoms with E-state index in [0.29, 0.717) is 23.9 Å². The zero-order valence-corrected chi connectivity index (χ0v) is 16.2. The van der Waals surface area contributed by atoms with Gasteiger partial charge in [-0.3, -0.25) is 14.5 Å². The maximum absolute atomic E-state index is 12.4. The second-order valence-electron chi connectivity index (χ2n) is 6.74. The number of nitrogens with one attached hydrogen (secondary N) is 2. The molecule has 0 spiro atoms. The van der Waals surface area contributed by atoms with E-state index in [0.717, 1.165) is 15.8 Å². The van der Waals surface area contributed by atoms with E-state index in [4.69, 9.17) is 16.0 Å². The second-order valence-corrected chi connectivity index (χ2v) is 7.15. The van der Waals surface area contributed by atoms with E-state index in [9.17, 15) is 14.4 Å². The molecule has 2 aromatic heterocycles. The number of rotatable bonds is 7. The van der Waals surface area contributed by atoms with Crippen LogP contribution in [-0.2, 0) is 22.7 Å². The second kappa shape index (κ2) is 8.00. The lowest BCUT2D eigenvalue weighted by Gasteiger charge is -2.12. The van der Waals surface area contributed by atoms with Gasteiger partial charge < -0.3 is 19.6 Å². The third-order valence-corrected chi connectivity index (χ3v) is 5.16. The molecular weight excluding hydrogens is 396 g/mol. The Bertz CT molecular complexity index is 1060. The largest absolute Gasteiger partial charge is 0.467 e. The van der Waals surface area contributed by atoms with Crippen molar-refractivity contribution in [3.05, 3.63) is 59.6 Å². The predicted octanol–water partition coefficient (Wildman–Crippen LogP) is 2.51. The standard InChI is InChI=1S/C20H19ClN4O4/c21-15-4-1-5-17-14(15)6-8-24(17)9-7-22-18(26)11-16-19(27)25(20(28)23-16)12-13-3-2-10-29-13/h1-6,8,10,16H,7,9,11-12H2,(H,22,26)(H,23,28)/t16-/m0/s1. The Morgan fingerprint density at radius 1 is 1.21 bits per heavy atom. The number of amides is 4. The minimum Gasteiger partial charge on any atom is -0.467 e. The molecule has 0 unspecified atom stereocenters. The fraction of sp³-hybridized carbons (Fsp3) is 0.250. The van der Waals surface area contributed by atoms with Crippen LogP contribution in [0.25, 0.3) is 10.9 Å². The minimum absolute atomic E-state index is 0.0407. The van der Waals surface area contributed by atoms with Crippen molar-refractivity contribution in [2.45, 2.75) is 25.6 Å². The normalized spacial score (nSPS) is 16.4. The number of benzene rings is 1. The first-order valence-electron chi connectivity index (χ1n) is 9.17. The molecule has 4 rings (SSSR count). The number of fused-ring (bicyclic) bond motifs is 1. The zero-order valence-electron chi connectivity index (χ0n) is 15.4. The first-order valence-corrected chi connectivity index (χ1v) is 9.55. The van der Waals surface area contributed by atoms with Crippen LogP contribution in [-0.4, -0.2) is 39.9 Å². The lowest BCUT2D eigenvalue weighted by Crippen LogP contribution is -2.37. The number of carbonyl (C=O) groups is 3. The highest BCUT2D eigenvalue weighted by atomic mass is 35.5. The molecule has 4 amide bonds. The molecule has 0 bridgehead atoms. The van der Waals surface area contributed by atoms with Crippen LogP contribution >= 0.6 is 11.6 Å². The summed E-state index contributed by atoms with van der Waals surface area (Å²) in [6.07, 6.45) is 3.27. The summed E-state index contributed by atoms with van der Waals surface area (Å²) >= 11 is 6.17. The van der Waals surface area contributed by atoms with E-state index in [1.165, 1.54) is 6.26 Å². The van der Waals surface area contributed by atoms with Crippen LogP contribution in [0.5, 0.6) is 0 Å². The summed E-state index contributed by atoms with van der Waals surface area (Å²) in [6.45, 7) is 0.990.